The van der Waals surface area contributed by atoms with E-state index < -0.39 is 16.0 Å². The molecular weight excluding hydrogens is 444 g/mol. The summed E-state index contributed by atoms with van der Waals surface area (Å²) in [4.78, 5) is 27.9. The van der Waals surface area contributed by atoms with E-state index in [1.165, 1.54) is 12.1 Å². The number of nitrogens with zero attached hydrogens (tertiary/aromatic N) is 2. The highest BCUT2D eigenvalue weighted by molar-refractivity contribution is 7.92. The van der Waals surface area contributed by atoms with Crippen LogP contribution in [-0.2, 0) is 14.8 Å². The molecular formula is C20H23ClN4O5S. The summed E-state index contributed by atoms with van der Waals surface area (Å²) in [6.07, 6.45) is 0.966. The summed E-state index contributed by atoms with van der Waals surface area (Å²) in [5, 5.41) is 12.7. The van der Waals surface area contributed by atoms with Crippen molar-refractivity contribution in [2.24, 2.45) is 0 Å². The summed E-state index contributed by atoms with van der Waals surface area (Å²) in [6.45, 7) is 2.63. The second kappa shape index (κ2) is 9.54. The minimum Gasteiger partial charge on any atom is -0.478 e. The number of para-hydroxylation sites is 1. The number of halogens is 1. The third kappa shape index (κ3) is 6.33. The van der Waals surface area contributed by atoms with Gasteiger partial charge in [0.1, 0.15) is 0 Å². The van der Waals surface area contributed by atoms with Gasteiger partial charge < -0.3 is 15.3 Å². The highest BCUT2D eigenvalue weighted by atomic mass is 35.5. The molecule has 1 aliphatic rings. The van der Waals surface area contributed by atoms with E-state index >= 15 is 0 Å². The Balaban J connectivity index is 1.60. The minimum atomic E-state index is -3.59. The molecule has 1 saturated heterocycles. The molecule has 2 aromatic rings. The fraction of sp³-hybridized carbons (Fsp3) is 0.300. The fourth-order valence-corrected chi connectivity index (χ4v) is 4.07. The molecule has 1 aliphatic heterocycles. The Hall–Kier alpha value is -2.82. The van der Waals surface area contributed by atoms with Crippen LogP contribution in [0.4, 0.5) is 17.1 Å². The first-order chi connectivity index (χ1) is 14.6. The second-order valence-corrected chi connectivity index (χ2v) is 9.36. The number of rotatable bonds is 7. The Morgan fingerprint density at radius 1 is 1.06 bits per heavy atom. The summed E-state index contributed by atoms with van der Waals surface area (Å²) in [5.74, 6) is -1.38. The van der Waals surface area contributed by atoms with Gasteiger partial charge in [0, 0.05) is 31.9 Å². The van der Waals surface area contributed by atoms with Crippen molar-refractivity contribution in [1.82, 2.24) is 4.90 Å². The number of carbonyl (C=O) groups is 2. The number of benzene rings is 2. The van der Waals surface area contributed by atoms with Gasteiger partial charge in [-0.1, -0.05) is 23.7 Å². The third-order valence-electron chi connectivity index (χ3n) is 4.78. The van der Waals surface area contributed by atoms with Crippen LogP contribution in [0.3, 0.4) is 0 Å². The van der Waals surface area contributed by atoms with Gasteiger partial charge in [0.15, 0.2) is 0 Å². The van der Waals surface area contributed by atoms with Crippen molar-refractivity contribution in [3.05, 3.63) is 53.1 Å². The maximum Gasteiger partial charge on any atom is 0.337 e. The predicted octanol–water partition coefficient (Wildman–Crippen LogP) is 2.17. The lowest BCUT2D eigenvalue weighted by molar-refractivity contribution is -0.117. The van der Waals surface area contributed by atoms with Gasteiger partial charge in [0.05, 0.1) is 34.8 Å². The summed E-state index contributed by atoms with van der Waals surface area (Å²) >= 11 is 6.06. The zero-order chi connectivity index (χ0) is 22.6. The number of anilines is 3. The number of carboxylic acids is 1. The van der Waals surface area contributed by atoms with E-state index in [0.717, 1.165) is 6.26 Å². The SMILES string of the molecule is CS(=O)(=O)Nc1ccc(N2CCN(CC(=O)Nc3ccccc3Cl)CC2)cc1C(=O)O. The van der Waals surface area contributed by atoms with Crippen molar-refractivity contribution in [3.8, 4) is 0 Å². The quantitative estimate of drug-likeness (QED) is 0.572. The summed E-state index contributed by atoms with van der Waals surface area (Å²) in [7, 11) is -3.59. The Bertz CT molecular complexity index is 1080. The molecule has 31 heavy (non-hydrogen) atoms. The van der Waals surface area contributed by atoms with Gasteiger partial charge in [-0.3, -0.25) is 14.4 Å². The first kappa shape index (κ1) is 22.9. The van der Waals surface area contributed by atoms with E-state index in [-0.39, 0.29) is 23.7 Å². The fourth-order valence-electron chi connectivity index (χ4n) is 3.31. The Morgan fingerprint density at radius 2 is 1.74 bits per heavy atom. The lowest BCUT2D eigenvalue weighted by atomic mass is 10.1. The smallest absolute Gasteiger partial charge is 0.337 e. The summed E-state index contributed by atoms with van der Waals surface area (Å²) in [5.41, 5.74) is 1.14. The average Bonchev–Trinajstić information content (AvgIpc) is 2.69. The van der Waals surface area contributed by atoms with Gasteiger partial charge in [0.2, 0.25) is 15.9 Å². The van der Waals surface area contributed by atoms with Gasteiger partial charge in [-0.05, 0) is 30.3 Å². The maximum absolute atomic E-state index is 12.3. The highest BCUT2D eigenvalue weighted by Gasteiger charge is 2.22. The van der Waals surface area contributed by atoms with Crippen LogP contribution >= 0.6 is 11.6 Å². The molecule has 0 radical (unpaired) electrons. The van der Waals surface area contributed by atoms with Crippen LogP contribution in [0.2, 0.25) is 5.02 Å². The van der Waals surface area contributed by atoms with E-state index in [4.69, 9.17) is 11.6 Å². The normalized spacial score (nSPS) is 14.8. The van der Waals surface area contributed by atoms with Crippen LogP contribution < -0.4 is 14.9 Å². The van der Waals surface area contributed by atoms with E-state index in [1.54, 1.807) is 30.3 Å². The number of hydrogen-bond donors (Lipinski definition) is 3. The Kier molecular flexibility index (Phi) is 7.04. The molecule has 0 saturated carbocycles. The monoisotopic (exact) mass is 466 g/mol. The zero-order valence-electron chi connectivity index (χ0n) is 16.8. The molecule has 0 aromatic heterocycles. The van der Waals surface area contributed by atoms with E-state index in [2.05, 4.69) is 10.0 Å². The zero-order valence-corrected chi connectivity index (χ0v) is 18.4. The van der Waals surface area contributed by atoms with Crippen molar-refractivity contribution in [3.63, 3.8) is 0 Å². The number of hydrogen-bond acceptors (Lipinski definition) is 6. The molecule has 2 aromatic carbocycles. The van der Waals surface area contributed by atoms with Crippen LogP contribution in [0, 0.1) is 0 Å². The first-order valence-corrected chi connectivity index (χ1v) is 11.8. The summed E-state index contributed by atoms with van der Waals surface area (Å²) < 4.78 is 25.1. The number of carboxylic acid groups (broad SMARTS) is 1. The number of piperazine rings is 1. The topological polar surface area (TPSA) is 119 Å². The largest absolute Gasteiger partial charge is 0.478 e. The Labute approximate surface area is 185 Å². The average molecular weight is 467 g/mol. The van der Waals surface area contributed by atoms with Crippen molar-refractivity contribution >= 4 is 50.6 Å². The molecule has 1 fully saturated rings. The molecule has 0 atom stereocenters. The predicted molar refractivity (Wildman–Crippen MR) is 121 cm³/mol. The lowest BCUT2D eigenvalue weighted by Gasteiger charge is -2.36. The van der Waals surface area contributed by atoms with E-state index in [1.807, 2.05) is 9.80 Å². The van der Waals surface area contributed by atoms with Gasteiger partial charge in [-0.25, -0.2) is 13.2 Å². The number of nitrogens with one attached hydrogen (secondary N) is 2. The van der Waals surface area contributed by atoms with Crippen molar-refractivity contribution < 1.29 is 23.1 Å². The number of amides is 1. The van der Waals surface area contributed by atoms with Gasteiger partial charge in [0.25, 0.3) is 0 Å². The molecule has 0 spiro atoms. The van der Waals surface area contributed by atoms with E-state index in [0.29, 0.717) is 42.6 Å². The number of aromatic carboxylic acids is 1. The molecule has 3 N–H and O–H groups in total. The molecule has 11 heteroatoms. The molecule has 3 rings (SSSR count). The van der Waals surface area contributed by atoms with Crippen molar-refractivity contribution in [2.45, 2.75) is 0 Å². The van der Waals surface area contributed by atoms with Crippen LogP contribution in [0.1, 0.15) is 10.4 Å². The van der Waals surface area contributed by atoms with E-state index in [9.17, 15) is 23.1 Å². The van der Waals surface area contributed by atoms with Gasteiger partial charge in [-0.15, -0.1) is 0 Å². The maximum atomic E-state index is 12.3. The molecule has 0 aliphatic carbocycles. The van der Waals surface area contributed by atoms with Crippen molar-refractivity contribution in [2.75, 3.05) is 53.9 Å². The minimum absolute atomic E-state index is 0.0219. The third-order valence-corrected chi connectivity index (χ3v) is 5.70. The second-order valence-electron chi connectivity index (χ2n) is 7.20. The lowest BCUT2D eigenvalue weighted by Crippen LogP contribution is -2.48. The highest BCUT2D eigenvalue weighted by Crippen LogP contribution is 2.25. The van der Waals surface area contributed by atoms with Crippen LogP contribution in [0.5, 0.6) is 0 Å². The van der Waals surface area contributed by atoms with Crippen LogP contribution in [-0.4, -0.2) is 69.3 Å². The number of sulfonamides is 1. The summed E-state index contributed by atoms with van der Waals surface area (Å²) in [6, 6.07) is 11.6. The standard InChI is InChI=1S/C20H23ClN4O5S/c1-31(29,30)23-17-7-6-14(12-15(17)20(27)28)25-10-8-24(9-11-25)13-19(26)22-18-5-3-2-4-16(18)21/h2-7,12,23H,8-11,13H2,1H3,(H,22,26)(H,27,28). The molecule has 0 unspecified atom stereocenters. The number of carbonyl (C=O) groups excluding carboxylic acids is 1. The molecule has 166 valence electrons. The van der Waals surface area contributed by atoms with Crippen LogP contribution in [0.25, 0.3) is 0 Å². The molecule has 0 bridgehead atoms. The van der Waals surface area contributed by atoms with Gasteiger partial charge >= 0.3 is 5.97 Å². The Morgan fingerprint density at radius 3 is 2.35 bits per heavy atom. The van der Waals surface area contributed by atoms with Gasteiger partial charge in [-0.2, -0.15) is 0 Å². The molecule has 1 heterocycles. The molecule has 9 nitrogen and oxygen atoms in total. The molecule has 1 amide bonds. The first-order valence-electron chi connectivity index (χ1n) is 9.49. The van der Waals surface area contributed by atoms with Crippen molar-refractivity contribution in [1.29, 1.82) is 0 Å². The van der Waals surface area contributed by atoms with Crippen LogP contribution in [0.15, 0.2) is 42.5 Å².